The van der Waals surface area contributed by atoms with Crippen molar-refractivity contribution in [3.8, 4) is 11.5 Å². The predicted octanol–water partition coefficient (Wildman–Crippen LogP) is 6.83. The van der Waals surface area contributed by atoms with Crippen molar-refractivity contribution < 1.29 is 9.47 Å². The molecule has 0 saturated carbocycles. The molecule has 2 aromatic heterocycles. The molecule has 0 spiro atoms. The minimum Gasteiger partial charge on any atom is -0.478 e. The van der Waals surface area contributed by atoms with Gasteiger partial charge >= 0.3 is 0 Å². The van der Waals surface area contributed by atoms with Crippen LogP contribution >= 0.6 is 11.3 Å². The molecular weight excluding hydrogens is 470 g/mol. The zero-order chi connectivity index (χ0) is 24.7. The van der Waals surface area contributed by atoms with Crippen LogP contribution in [0.4, 0.5) is 11.5 Å². The van der Waals surface area contributed by atoms with Crippen molar-refractivity contribution in [2.24, 2.45) is 4.99 Å². The number of aryl methyl sites for hydroxylation is 1. The maximum Gasteiger partial charge on any atom is 0.188 e. The van der Waals surface area contributed by atoms with Gasteiger partial charge in [0, 0.05) is 23.6 Å². The Morgan fingerprint density at radius 3 is 2.75 bits per heavy atom. The van der Waals surface area contributed by atoms with Crippen LogP contribution in [0.1, 0.15) is 25.0 Å². The smallest absolute Gasteiger partial charge is 0.188 e. The van der Waals surface area contributed by atoms with Crippen molar-refractivity contribution in [2.45, 2.75) is 32.7 Å². The monoisotopic (exact) mass is 495 g/mol. The molecular formula is C28H25N5O2S. The van der Waals surface area contributed by atoms with Gasteiger partial charge in [-0.05, 0) is 74.4 Å². The molecule has 3 aromatic carbocycles. The molecule has 0 amide bonds. The lowest BCUT2D eigenvalue weighted by atomic mass is 10.1. The number of rotatable bonds is 6. The van der Waals surface area contributed by atoms with Gasteiger partial charge in [0.2, 0.25) is 0 Å². The summed E-state index contributed by atoms with van der Waals surface area (Å²) in [6.07, 6.45) is 2.22. The molecule has 36 heavy (non-hydrogen) atoms. The van der Waals surface area contributed by atoms with Gasteiger partial charge in [0.15, 0.2) is 5.90 Å². The van der Waals surface area contributed by atoms with Gasteiger partial charge in [-0.3, -0.25) is 0 Å². The van der Waals surface area contributed by atoms with E-state index in [2.05, 4.69) is 57.3 Å². The topological polar surface area (TPSA) is 81.5 Å². The van der Waals surface area contributed by atoms with Gasteiger partial charge in [-0.15, -0.1) is 11.3 Å². The highest BCUT2D eigenvalue weighted by atomic mass is 32.1. The first kappa shape index (κ1) is 22.4. The zero-order valence-corrected chi connectivity index (χ0v) is 21.1. The Morgan fingerprint density at radius 2 is 1.92 bits per heavy atom. The molecule has 7 nitrogen and oxygen atoms in total. The summed E-state index contributed by atoms with van der Waals surface area (Å²) < 4.78 is 13.1. The second-order valence-corrected chi connectivity index (χ2v) is 10.4. The molecule has 0 bridgehead atoms. The second-order valence-electron chi connectivity index (χ2n) is 9.55. The molecule has 5 aromatic rings. The number of thiazole rings is 1. The molecule has 1 aliphatic rings. The number of benzene rings is 3. The quantitative estimate of drug-likeness (QED) is 0.278. The summed E-state index contributed by atoms with van der Waals surface area (Å²) in [5.41, 5.74) is 6.54. The maximum atomic E-state index is 6.14. The normalized spacial score (nSPS) is 14.6. The Hall–Kier alpha value is -4.04. The number of ether oxygens (including phenoxy) is 2. The van der Waals surface area contributed by atoms with Crippen LogP contribution < -0.4 is 10.1 Å². The van der Waals surface area contributed by atoms with Gasteiger partial charge in [0.25, 0.3) is 0 Å². The predicted molar refractivity (Wildman–Crippen MR) is 145 cm³/mol. The molecule has 0 unspecified atom stereocenters. The molecule has 0 fully saturated rings. The zero-order valence-electron chi connectivity index (χ0n) is 20.3. The molecule has 3 heterocycles. The number of hydrogen-bond acceptors (Lipinski definition) is 8. The third kappa shape index (κ3) is 4.59. The molecule has 180 valence electrons. The highest BCUT2D eigenvalue weighted by Crippen LogP contribution is 2.32. The highest BCUT2D eigenvalue weighted by molar-refractivity contribution is 7.16. The van der Waals surface area contributed by atoms with Crippen molar-refractivity contribution >= 4 is 49.9 Å². The lowest BCUT2D eigenvalue weighted by Gasteiger charge is -2.13. The highest BCUT2D eigenvalue weighted by Gasteiger charge is 2.26. The molecule has 0 aliphatic carbocycles. The van der Waals surface area contributed by atoms with Crippen LogP contribution in [0.25, 0.3) is 21.1 Å². The summed E-state index contributed by atoms with van der Waals surface area (Å²) in [6, 6.07) is 18.2. The number of nitrogens with zero attached hydrogens (tertiary/aromatic N) is 4. The van der Waals surface area contributed by atoms with Crippen molar-refractivity contribution in [1.29, 1.82) is 0 Å². The third-order valence-electron chi connectivity index (χ3n) is 6.04. The van der Waals surface area contributed by atoms with Gasteiger partial charge in [0.1, 0.15) is 30.3 Å². The number of hydrogen-bond donors (Lipinski definition) is 1. The number of aromatic nitrogens is 3. The largest absolute Gasteiger partial charge is 0.478 e. The molecule has 8 heteroatoms. The lowest BCUT2D eigenvalue weighted by molar-refractivity contribution is 0.275. The van der Waals surface area contributed by atoms with E-state index in [1.54, 1.807) is 17.7 Å². The van der Waals surface area contributed by atoms with E-state index in [4.69, 9.17) is 9.47 Å². The molecule has 6 rings (SSSR count). The van der Waals surface area contributed by atoms with Crippen molar-refractivity contribution in [3.05, 3.63) is 77.6 Å². The molecule has 0 radical (unpaired) electrons. The summed E-state index contributed by atoms with van der Waals surface area (Å²) in [4.78, 5) is 18.0. The van der Waals surface area contributed by atoms with E-state index in [1.165, 1.54) is 0 Å². The average Bonchev–Trinajstić information content (AvgIpc) is 3.46. The molecule has 0 saturated heterocycles. The number of aliphatic imine (C=N–C) groups is 1. The minimum atomic E-state index is -0.163. The number of anilines is 2. The lowest BCUT2D eigenvalue weighted by Crippen LogP contribution is -2.17. The number of nitrogens with one attached hydrogen (secondary N) is 1. The van der Waals surface area contributed by atoms with Crippen LogP contribution in [0.2, 0.25) is 0 Å². The van der Waals surface area contributed by atoms with Crippen LogP contribution in [0, 0.1) is 6.92 Å². The minimum absolute atomic E-state index is 0.163. The Balaban J connectivity index is 1.23. The summed E-state index contributed by atoms with van der Waals surface area (Å²) in [5.74, 6) is 3.08. The Kier molecular flexibility index (Phi) is 5.53. The first-order chi connectivity index (χ1) is 17.4. The summed E-state index contributed by atoms with van der Waals surface area (Å²) in [5, 5.41) is 4.40. The van der Waals surface area contributed by atoms with Crippen LogP contribution in [0.3, 0.4) is 0 Å². The van der Waals surface area contributed by atoms with Crippen molar-refractivity contribution in [3.63, 3.8) is 0 Å². The van der Waals surface area contributed by atoms with E-state index in [9.17, 15) is 0 Å². The standard InChI is InChI=1S/C28H25N5O2S/c1-17-10-19(5-8-24(17)35-20-6-9-25-23(13-20)31-16-36-25)32-27-21-11-18(4-7-22(21)29-15-30-27)12-26-33-28(2,3)14-34-26/h4-11,13,15-16H,12,14H2,1-3H3,(H,29,30,32). The summed E-state index contributed by atoms with van der Waals surface area (Å²) in [6.45, 7) is 6.80. The van der Waals surface area contributed by atoms with Crippen LogP contribution in [0.5, 0.6) is 11.5 Å². The van der Waals surface area contributed by atoms with Crippen LogP contribution in [0.15, 0.2) is 71.4 Å². The summed E-state index contributed by atoms with van der Waals surface area (Å²) in [7, 11) is 0. The van der Waals surface area contributed by atoms with E-state index < -0.39 is 0 Å². The van der Waals surface area contributed by atoms with E-state index in [0.717, 1.165) is 61.1 Å². The molecule has 1 N–H and O–H groups in total. The SMILES string of the molecule is Cc1cc(Nc2ncnc3ccc(CC4=NC(C)(C)CO4)cc23)ccc1Oc1ccc2scnc2c1. The van der Waals surface area contributed by atoms with Gasteiger partial charge in [-0.25, -0.2) is 19.9 Å². The average molecular weight is 496 g/mol. The van der Waals surface area contributed by atoms with Gasteiger partial charge in [-0.2, -0.15) is 0 Å². The fourth-order valence-electron chi connectivity index (χ4n) is 4.25. The Bertz CT molecular complexity index is 1630. The maximum absolute atomic E-state index is 6.14. The second kappa shape index (κ2) is 8.87. The van der Waals surface area contributed by atoms with E-state index in [0.29, 0.717) is 13.0 Å². The third-order valence-corrected chi connectivity index (χ3v) is 6.85. The Morgan fingerprint density at radius 1 is 1.00 bits per heavy atom. The van der Waals surface area contributed by atoms with E-state index in [1.807, 2.05) is 48.8 Å². The van der Waals surface area contributed by atoms with Gasteiger partial charge in [0.05, 0.1) is 26.8 Å². The van der Waals surface area contributed by atoms with E-state index >= 15 is 0 Å². The van der Waals surface area contributed by atoms with Crippen molar-refractivity contribution in [1.82, 2.24) is 15.0 Å². The Labute approximate surface area is 212 Å². The van der Waals surface area contributed by atoms with Crippen LogP contribution in [-0.4, -0.2) is 33.0 Å². The van der Waals surface area contributed by atoms with E-state index in [-0.39, 0.29) is 5.54 Å². The molecule has 1 aliphatic heterocycles. The van der Waals surface area contributed by atoms with Gasteiger partial charge < -0.3 is 14.8 Å². The van der Waals surface area contributed by atoms with Crippen LogP contribution in [-0.2, 0) is 11.2 Å². The van der Waals surface area contributed by atoms with Gasteiger partial charge in [-0.1, -0.05) is 6.07 Å². The first-order valence-corrected chi connectivity index (χ1v) is 12.6. The molecule has 0 atom stereocenters. The summed E-state index contributed by atoms with van der Waals surface area (Å²) >= 11 is 1.62. The number of fused-ring (bicyclic) bond motifs is 2. The van der Waals surface area contributed by atoms with Crippen molar-refractivity contribution in [2.75, 3.05) is 11.9 Å². The first-order valence-electron chi connectivity index (χ1n) is 11.8. The fraction of sp³-hybridized carbons (Fsp3) is 0.214. The fourth-order valence-corrected chi connectivity index (χ4v) is 4.91.